The molecule has 1 aromatic rings. The molecule has 2 N–H and O–H groups in total. The maximum Gasteiger partial charge on any atom is 0.0590 e. The first kappa shape index (κ1) is 17.1. The van der Waals surface area contributed by atoms with Crippen LogP contribution in [0.15, 0.2) is 24.5 Å². The Morgan fingerprint density at radius 1 is 1.35 bits per heavy atom. The fraction of sp³-hybridized carbons (Fsp3) is 0.688. The second-order valence-corrected chi connectivity index (χ2v) is 5.29. The fourth-order valence-corrected chi connectivity index (χ4v) is 2.85. The minimum atomic E-state index is 0.0525. The first-order chi connectivity index (χ1) is 9.65. The van der Waals surface area contributed by atoms with Crippen LogP contribution in [0.1, 0.15) is 45.2 Å². The molecule has 0 saturated carbocycles. The molecular weight excluding hydrogens is 250 g/mol. The van der Waals surface area contributed by atoms with E-state index in [9.17, 15) is 0 Å². The third-order valence-electron chi connectivity index (χ3n) is 3.85. The highest BCUT2D eigenvalue weighted by molar-refractivity contribution is 5.16. The summed E-state index contributed by atoms with van der Waals surface area (Å²) in [5.41, 5.74) is 7.46. The van der Waals surface area contributed by atoms with Crippen molar-refractivity contribution in [2.24, 2.45) is 5.73 Å². The lowest BCUT2D eigenvalue weighted by atomic mass is 9.97. The van der Waals surface area contributed by atoms with Gasteiger partial charge in [0, 0.05) is 38.1 Å². The van der Waals surface area contributed by atoms with Crippen LogP contribution in [0.5, 0.6) is 0 Å². The summed E-state index contributed by atoms with van der Waals surface area (Å²) in [4.78, 5) is 6.73. The second-order valence-electron chi connectivity index (χ2n) is 5.29. The normalized spacial score (nSPS) is 14.8. The topological polar surface area (TPSA) is 51.4 Å². The SMILES string of the molecule is CCC(CC)N(CCOC)C(c1cccnc1)C(C)N. The smallest absolute Gasteiger partial charge is 0.0590 e. The van der Waals surface area contributed by atoms with E-state index in [4.69, 9.17) is 10.5 Å². The molecule has 20 heavy (non-hydrogen) atoms. The zero-order valence-electron chi connectivity index (χ0n) is 13.2. The summed E-state index contributed by atoms with van der Waals surface area (Å²) in [7, 11) is 1.75. The number of nitrogens with zero attached hydrogens (tertiary/aromatic N) is 2. The average Bonchev–Trinajstić information content (AvgIpc) is 2.46. The van der Waals surface area contributed by atoms with E-state index in [-0.39, 0.29) is 12.1 Å². The van der Waals surface area contributed by atoms with Gasteiger partial charge < -0.3 is 10.5 Å². The molecule has 0 radical (unpaired) electrons. The highest BCUT2D eigenvalue weighted by Gasteiger charge is 2.28. The molecule has 2 unspecified atom stereocenters. The Morgan fingerprint density at radius 2 is 2.05 bits per heavy atom. The summed E-state index contributed by atoms with van der Waals surface area (Å²) in [6, 6.07) is 4.84. The van der Waals surface area contributed by atoms with Crippen molar-refractivity contribution < 1.29 is 4.74 Å². The van der Waals surface area contributed by atoms with Crippen LogP contribution >= 0.6 is 0 Å². The highest BCUT2D eigenvalue weighted by atomic mass is 16.5. The predicted octanol–water partition coefficient (Wildman–Crippen LogP) is 2.61. The molecule has 2 atom stereocenters. The Labute approximate surface area is 123 Å². The number of methoxy groups -OCH3 is 1. The largest absolute Gasteiger partial charge is 0.383 e. The van der Waals surface area contributed by atoms with Crippen LogP contribution in [-0.2, 0) is 4.74 Å². The molecule has 1 rings (SSSR count). The van der Waals surface area contributed by atoms with Crippen LogP contribution in [-0.4, -0.2) is 42.2 Å². The van der Waals surface area contributed by atoms with Crippen molar-refractivity contribution >= 4 is 0 Å². The van der Waals surface area contributed by atoms with Crippen LogP contribution in [0.2, 0.25) is 0 Å². The van der Waals surface area contributed by atoms with Gasteiger partial charge in [0.25, 0.3) is 0 Å². The standard InChI is InChI=1S/C16H29N3O/c1-5-15(6-2)19(10-11-20-4)16(13(3)17)14-8-7-9-18-12-14/h7-9,12-13,15-16H,5-6,10-11,17H2,1-4H3. The average molecular weight is 279 g/mol. The van der Waals surface area contributed by atoms with E-state index in [1.165, 1.54) is 5.56 Å². The molecule has 1 heterocycles. The molecule has 1 aromatic heterocycles. The molecule has 0 aliphatic heterocycles. The number of hydrogen-bond acceptors (Lipinski definition) is 4. The van der Waals surface area contributed by atoms with E-state index >= 15 is 0 Å². The van der Waals surface area contributed by atoms with Crippen LogP contribution < -0.4 is 5.73 Å². The van der Waals surface area contributed by atoms with Gasteiger partial charge in [-0.25, -0.2) is 0 Å². The van der Waals surface area contributed by atoms with E-state index in [0.717, 1.165) is 26.0 Å². The Morgan fingerprint density at radius 3 is 2.50 bits per heavy atom. The molecule has 0 saturated heterocycles. The summed E-state index contributed by atoms with van der Waals surface area (Å²) in [6.07, 6.45) is 5.96. The van der Waals surface area contributed by atoms with Crippen molar-refractivity contribution in [1.29, 1.82) is 0 Å². The number of rotatable bonds is 9. The molecule has 0 amide bonds. The van der Waals surface area contributed by atoms with Crippen molar-refractivity contribution in [3.05, 3.63) is 30.1 Å². The number of pyridine rings is 1. The zero-order chi connectivity index (χ0) is 15.0. The van der Waals surface area contributed by atoms with Gasteiger partial charge >= 0.3 is 0 Å². The molecule has 0 aliphatic carbocycles. The number of aromatic nitrogens is 1. The molecule has 0 spiro atoms. The summed E-state index contributed by atoms with van der Waals surface area (Å²) in [6.45, 7) is 8.15. The summed E-state index contributed by atoms with van der Waals surface area (Å²) in [5, 5.41) is 0. The van der Waals surface area contributed by atoms with E-state index in [1.807, 2.05) is 12.3 Å². The summed E-state index contributed by atoms with van der Waals surface area (Å²) in [5.74, 6) is 0. The molecule has 0 fully saturated rings. The third kappa shape index (κ3) is 4.54. The number of hydrogen-bond donors (Lipinski definition) is 1. The van der Waals surface area contributed by atoms with Crippen molar-refractivity contribution in [3.63, 3.8) is 0 Å². The summed E-state index contributed by atoms with van der Waals surface area (Å²) >= 11 is 0. The molecule has 4 heteroatoms. The first-order valence-corrected chi connectivity index (χ1v) is 7.55. The van der Waals surface area contributed by atoms with Crippen LogP contribution in [0.4, 0.5) is 0 Å². The Bertz CT molecular complexity index is 352. The van der Waals surface area contributed by atoms with Gasteiger partial charge in [-0.3, -0.25) is 9.88 Å². The Balaban J connectivity index is 3.04. The zero-order valence-corrected chi connectivity index (χ0v) is 13.2. The van der Waals surface area contributed by atoms with Gasteiger partial charge in [-0.15, -0.1) is 0 Å². The lowest BCUT2D eigenvalue weighted by Crippen LogP contribution is -2.46. The summed E-state index contributed by atoms with van der Waals surface area (Å²) < 4.78 is 5.28. The minimum Gasteiger partial charge on any atom is -0.383 e. The van der Waals surface area contributed by atoms with Crippen molar-refractivity contribution in [3.8, 4) is 0 Å². The van der Waals surface area contributed by atoms with E-state index in [1.54, 1.807) is 13.3 Å². The van der Waals surface area contributed by atoms with Crippen LogP contribution in [0, 0.1) is 0 Å². The van der Waals surface area contributed by atoms with Gasteiger partial charge in [0.2, 0.25) is 0 Å². The van der Waals surface area contributed by atoms with Crippen LogP contribution in [0.3, 0.4) is 0 Å². The van der Waals surface area contributed by atoms with Gasteiger partial charge in [-0.05, 0) is 31.4 Å². The second kappa shape index (κ2) is 9.06. The maximum atomic E-state index is 6.28. The van der Waals surface area contributed by atoms with E-state index < -0.39 is 0 Å². The van der Waals surface area contributed by atoms with Crippen molar-refractivity contribution in [2.45, 2.75) is 51.7 Å². The highest BCUT2D eigenvalue weighted by Crippen LogP contribution is 2.27. The predicted molar refractivity (Wildman–Crippen MR) is 83.6 cm³/mol. The van der Waals surface area contributed by atoms with Crippen LogP contribution in [0.25, 0.3) is 0 Å². The molecule has 0 bridgehead atoms. The quantitative estimate of drug-likeness (QED) is 0.755. The van der Waals surface area contributed by atoms with Gasteiger partial charge in [-0.1, -0.05) is 19.9 Å². The lowest BCUT2D eigenvalue weighted by molar-refractivity contribution is 0.0701. The van der Waals surface area contributed by atoms with E-state index in [2.05, 4.69) is 36.7 Å². The van der Waals surface area contributed by atoms with Gasteiger partial charge in [0.1, 0.15) is 0 Å². The monoisotopic (exact) mass is 279 g/mol. The fourth-order valence-electron chi connectivity index (χ4n) is 2.85. The first-order valence-electron chi connectivity index (χ1n) is 7.55. The van der Waals surface area contributed by atoms with Gasteiger partial charge in [-0.2, -0.15) is 0 Å². The molecule has 0 aliphatic rings. The third-order valence-corrected chi connectivity index (χ3v) is 3.85. The molecule has 4 nitrogen and oxygen atoms in total. The van der Waals surface area contributed by atoms with Crippen molar-refractivity contribution in [1.82, 2.24) is 9.88 Å². The lowest BCUT2D eigenvalue weighted by Gasteiger charge is -2.39. The Hall–Kier alpha value is -0.970. The Kier molecular flexibility index (Phi) is 7.73. The maximum absolute atomic E-state index is 6.28. The molecular formula is C16H29N3O. The van der Waals surface area contributed by atoms with Crippen molar-refractivity contribution in [2.75, 3.05) is 20.3 Å². The minimum absolute atomic E-state index is 0.0525. The number of nitrogens with two attached hydrogens (primary N) is 1. The molecule has 114 valence electrons. The van der Waals surface area contributed by atoms with Gasteiger partial charge in [0.05, 0.1) is 12.6 Å². The van der Waals surface area contributed by atoms with E-state index in [0.29, 0.717) is 6.04 Å². The van der Waals surface area contributed by atoms with Gasteiger partial charge in [0.15, 0.2) is 0 Å². The number of ether oxygens (including phenoxy) is 1. The molecule has 0 aromatic carbocycles.